The van der Waals surface area contributed by atoms with Gasteiger partial charge in [0.15, 0.2) is 0 Å². The molecule has 0 aliphatic rings. The highest BCUT2D eigenvalue weighted by Gasteiger charge is 2.01. The minimum atomic E-state index is -1.08. The normalized spacial score (nSPS) is 8.79. The van der Waals surface area contributed by atoms with Gasteiger partial charge in [-0.3, -0.25) is 40.0 Å². The Morgan fingerprint density at radius 2 is 1.14 bits per heavy atom. The zero-order valence-electron chi connectivity index (χ0n) is 14.6. The molecule has 0 radical (unpaired) electrons. The molecule has 0 fully saturated rings. The lowest BCUT2D eigenvalue weighted by molar-refractivity contribution is -0.143. The van der Waals surface area contributed by atoms with Crippen LogP contribution >= 0.6 is 0 Å². The summed E-state index contributed by atoms with van der Waals surface area (Å²) in [5.41, 5.74) is 4.93. The molecule has 150 valence electrons. The first-order valence-corrected chi connectivity index (χ1v) is 7.57. The highest BCUT2D eigenvalue weighted by atomic mass is 16.4. The Kier molecular flexibility index (Phi) is 12.3. The predicted molar refractivity (Wildman–Crippen MR) is 96.3 cm³/mol. The van der Waals surface area contributed by atoms with E-state index in [0.717, 1.165) is 0 Å². The molecule has 0 saturated heterocycles. The number of carboxylic acid groups (broad SMARTS) is 2. The summed E-state index contributed by atoms with van der Waals surface area (Å²) in [6.07, 6.45) is 5.48. The highest BCUT2D eigenvalue weighted by Crippen LogP contribution is 1.93. The van der Waals surface area contributed by atoms with Gasteiger partial charge in [0.25, 0.3) is 11.8 Å². The first-order valence-electron chi connectivity index (χ1n) is 7.57. The van der Waals surface area contributed by atoms with Gasteiger partial charge in [0.2, 0.25) is 0 Å². The van der Waals surface area contributed by atoms with Crippen molar-refractivity contribution >= 4 is 23.8 Å². The molecule has 0 aliphatic carbocycles. The number of hydrogen-bond acceptors (Lipinski definition) is 8. The third kappa shape index (κ3) is 11.6. The molecule has 2 amide bonds. The SMILES string of the molecule is NNC(=O)c1cccnc1.NNC(=O)c1cccnc1.O=C(O)CCC(=O)O. The zero-order chi connectivity index (χ0) is 21.4. The third-order valence-electron chi connectivity index (χ3n) is 2.66. The number of hydrogen-bond donors (Lipinski definition) is 6. The molecule has 0 bridgehead atoms. The Bertz CT molecular complexity index is 691. The second-order valence-electron chi connectivity index (χ2n) is 4.72. The van der Waals surface area contributed by atoms with Crippen LogP contribution in [0.15, 0.2) is 49.1 Å². The molecule has 0 aliphatic heterocycles. The number of rotatable bonds is 5. The standard InChI is InChI=1S/2C6H7N3O.C4H6O4/c2*7-9-6(10)5-2-1-3-8-4-5;5-3(6)1-2-4(7)8/h2*1-4H,7H2,(H,9,10);1-2H2,(H,5,6)(H,7,8). The minimum Gasteiger partial charge on any atom is -0.481 e. The van der Waals surface area contributed by atoms with Gasteiger partial charge in [-0.25, -0.2) is 11.7 Å². The number of amides is 2. The molecule has 8 N–H and O–H groups in total. The van der Waals surface area contributed by atoms with Crippen LogP contribution in [0.1, 0.15) is 33.6 Å². The summed E-state index contributed by atoms with van der Waals surface area (Å²) in [6.45, 7) is 0. The molecule has 0 atom stereocenters. The summed E-state index contributed by atoms with van der Waals surface area (Å²) >= 11 is 0. The molecule has 0 spiro atoms. The van der Waals surface area contributed by atoms with Crippen LogP contribution in [-0.4, -0.2) is 43.9 Å². The Morgan fingerprint density at radius 1 is 0.786 bits per heavy atom. The molecule has 12 nitrogen and oxygen atoms in total. The molecule has 12 heteroatoms. The molecule has 28 heavy (non-hydrogen) atoms. The lowest BCUT2D eigenvalue weighted by Crippen LogP contribution is -2.29. The van der Waals surface area contributed by atoms with Crippen LogP contribution in [0, 0.1) is 0 Å². The second kappa shape index (κ2) is 14.3. The molecular formula is C16H20N6O6. The summed E-state index contributed by atoms with van der Waals surface area (Å²) in [4.78, 5) is 48.2. The average molecular weight is 392 g/mol. The summed E-state index contributed by atoms with van der Waals surface area (Å²) in [5, 5.41) is 15.8. The largest absolute Gasteiger partial charge is 0.481 e. The van der Waals surface area contributed by atoms with Crippen molar-refractivity contribution in [3.8, 4) is 0 Å². The van der Waals surface area contributed by atoms with E-state index in [4.69, 9.17) is 21.9 Å². The number of pyridine rings is 2. The van der Waals surface area contributed by atoms with Crippen molar-refractivity contribution in [1.82, 2.24) is 20.8 Å². The van der Waals surface area contributed by atoms with Gasteiger partial charge in [-0.2, -0.15) is 0 Å². The number of aliphatic carboxylic acids is 2. The van der Waals surface area contributed by atoms with E-state index in [1.54, 1.807) is 36.7 Å². The number of nitrogens with zero attached hydrogens (tertiary/aromatic N) is 2. The van der Waals surface area contributed by atoms with Crippen LogP contribution in [0.25, 0.3) is 0 Å². The molecular weight excluding hydrogens is 372 g/mol. The number of carbonyl (C=O) groups excluding carboxylic acids is 2. The smallest absolute Gasteiger partial charge is 0.303 e. The number of carbonyl (C=O) groups is 4. The molecule has 0 unspecified atom stereocenters. The number of nitrogens with one attached hydrogen (secondary N) is 2. The van der Waals surface area contributed by atoms with Crippen LogP contribution in [-0.2, 0) is 9.59 Å². The minimum absolute atomic E-state index is 0.296. The van der Waals surface area contributed by atoms with Crippen molar-refractivity contribution < 1.29 is 29.4 Å². The number of aromatic nitrogens is 2. The number of nitrogen functional groups attached to an aromatic ring is 2. The van der Waals surface area contributed by atoms with Crippen LogP contribution in [0.3, 0.4) is 0 Å². The predicted octanol–water partition coefficient (Wildman–Crippen LogP) is -0.694. The zero-order valence-corrected chi connectivity index (χ0v) is 14.6. The van der Waals surface area contributed by atoms with Gasteiger partial charge in [0, 0.05) is 24.8 Å². The van der Waals surface area contributed by atoms with Gasteiger partial charge in [-0.05, 0) is 24.3 Å². The Balaban J connectivity index is 0.000000394. The van der Waals surface area contributed by atoms with E-state index < -0.39 is 11.9 Å². The van der Waals surface area contributed by atoms with E-state index in [2.05, 4.69) is 9.97 Å². The quantitative estimate of drug-likeness (QED) is 0.214. The molecule has 2 rings (SSSR count). The van der Waals surface area contributed by atoms with Gasteiger partial charge in [-0.1, -0.05) is 0 Å². The molecule has 0 aromatic carbocycles. The first kappa shape index (κ1) is 24.1. The van der Waals surface area contributed by atoms with Crippen LogP contribution in [0.4, 0.5) is 0 Å². The Labute approximate surface area is 159 Å². The van der Waals surface area contributed by atoms with Crippen molar-refractivity contribution in [2.45, 2.75) is 12.8 Å². The topological polar surface area (TPSA) is 211 Å². The van der Waals surface area contributed by atoms with E-state index in [-0.39, 0.29) is 24.7 Å². The summed E-state index contributed by atoms with van der Waals surface area (Å²) in [5.74, 6) is 6.95. The molecule has 2 aromatic heterocycles. The van der Waals surface area contributed by atoms with Gasteiger partial charge < -0.3 is 10.2 Å². The number of nitrogens with two attached hydrogens (primary N) is 2. The number of carboxylic acids is 2. The van der Waals surface area contributed by atoms with E-state index >= 15 is 0 Å². The van der Waals surface area contributed by atoms with Crippen LogP contribution in [0.2, 0.25) is 0 Å². The molecule has 2 heterocycles. The summed E-state index contributed by atoms with van der Waals surface area (Å²) < 4.78 is 0. The van der Waals surface area contributed by atoms with Gasteiger partial charge in [-0.15, -0.1) is 0 Å². The lowest BCUT2D eigenvalue weighted by Gasteiger charge is -1.95. The van der Waals surface area contributed by atoms with Crippen LogP contribution < -0.4 is 22.5 Å². The van der Waals surface area contributed by atoms with E-state index in [9.17, 15) is 19.2 Å². The monoisotopic (exact) mass is 392 g/mol. The Hall–Kier alpha value is -3.90. The maximum Gasteiger partial charge on any atom is 0.303 e. The Morgan fingerprint density at radius 3 is 1.36 bits per heavy atom. The second-order valence-corrected chi connectivity index (χ2v) is 4.72. The van der Waals surface area contributed by atoms with Crippen molar-refractivity contribution in [1.29, 1.82) is 0 Å². The fourth-order valence-corrected chi connectivity index (χ4v) is 1.37. The van der Waals surface area contributed by atoms with E-state index in [1.807, 2.05) is 10.9 Å². The van der Waals surface area contributed by atoms with Crippen molar-refractivity contribution in [3.05, 3.63) is 60.2 Å². The summed E-state index contributed by atoms with van der Waals surface area (Å²) in [7, 11) is 0. The van der Waals surface area contributed by atoms with Gasteiger partial charge in [0.1, 0.15) is 0 Å². The summed E-state index contributed by atoms with van der Waals surface area (Å²) in [6, 6.07) is 6.61. The number of hydrazine groups is 2. The molecule has 2 aromatic rings. The average Bonchev–Trinajstić information content (AvgIpc) is 2.73. The van der Waals surface area contributed by atoms with E-state index in [1.165, 1.54) is 12.4 Å². The lowest BCUT2D eigenvalue weighted by atomic mass is 10.3. The third-order valence-corrected chi connectivity index (χ3v) is 2.66. The maximum absolute atomic E-state index is 10.7. The van der Waals surface area contributed by atoms with Crippen LogP contribution in [0.5, 0.6) is 0 Å². The first-order chi connectivity index (χ1) is 13.3. The van der Waals surface area contributed by atoms with Crippen molar-refractivity contribution in [3.63, 3.8) is 0 Å². The van der Waals surface area contributed by atoms with Gasteiger partial charge in [0.05, 0.1) is 24.0 Å². The van der Waals surface area contributed by atoms with Gasteiger partial charge >= 0.3 is 11.9 Å². The fourth-order valence-electron chi connectivity index (χ4n) is 1.37. The van der Waals surface area contributed by atoms with Crippen molar-refractivity contribution in [2.24, 2.45) is 11.7 Å². The fraction of sp³-hybridized carbons (Fsp3) is 0.125. The molecule has 0 saturated carbocycles. The highest BCUT2D eigenvalue weighted by molar-refractivity contribution is 5.93. The van der Waals surface area contributed by atoms with E-state index in [0.29, 0.717) is 11.1 Å². The van der Waals surface area contributed by atoms with Crippen molar-refractivity contribution in [2.75, 3.05) is 0 Å². The maximum atomic E-state index is 10.7.